The van der Waals surface area contributed by atoms with Crippen LogP contribution in [0.2, 0.25) is 0 Å². The zero-order valence-corrected chi connectivity index (χ0v) is 13.9. The van der Waals surface area contributed by atoms with Gasteiger partial charge in [0.1, 0.15) is 0 Å². The van der Waals surface area contributed by atoms with Crippen molar-refractivity contribution in [2.75, 3.05) is 6.54 Å². The van der Waals surface area contributed by atoms with Gasteiger partial charge in [-0.3, -0.25) is 5.10 Å². The molecule has 3 aromatic rings. The molecule has 0 fully saturated rings. The van der Waals surface area contributed by atoms with E-state index in [1.807, 2.05) is 18.3 Å². The van der Waals surface area contributed by atoms with E-state index in [-0.39, 0.29) is 6.61 Å². The van der Waals surface area contributed by atoms with Gasteiger partial charge in [0.05, 0.1) is 18.5 Å². The predicted octanol–water partition coefficient (Wildman–Crippen LogP) is 3.21. The van der Waals surface area contributed by atoms with Gasteiger partial charge in [0.15, 0.2) is 0 Å². The molecule has 4 nitrogen and oxygen atoms in total. The minimum absolute atomic E-state index is 0.0980. The number of hydrogen-bond acceptors (Lipinski definition) is 3. The minimum Gasteiger partial charge on any atom is -0.392 e. The predicted molar refractivity (Wildman–Crippen MR) is 96.5 cm³/mol. The Bertz CT molecular complexity index is 760. The molecule has 0 unspecified atom stereocenters. The van der Waals surface area contributed by atoms with Crippen molar-refractivity contribution in [2.45, 2.75) is 26.5 Å². The van der Waals surface area contributed by atoms with Crippen molar-refractivity contribution in [1.29, 1.82) is 0 Å². The largest absolute Gasteiger partial charge is 0.392 e. The molecule has 0 aliphatic rings. The molecule has 0 saturated heterocycles. The smallest absolute Gasteiger partial charge is 0.0695 e. The zero-order chi connectivity index (χ0) is 16.8. The van der Waals surface area contributed by atoms with Crippen LogP contribution in [0.1, 0.15) is 22.3 Å². The van der Waals surface area contributed by atoms with Gasteiger partial charge in [-0.25, -0.2) is 0 Å². The highest BCUT2D eigenvalue weighted by molar-refractivity contribution is 5.62. The number of aliphatic hydroxyl groups excluding tert-OH is 1. The Hall–Kier alpha value is -2.43. The maximum absolute atomic E-state index is 9.06. The van der Waals surface area contributed by atoms with Gasteiger partial charge in [-0.15, -0.1) is 0 Å². The van der Waals surface area contributed by atoms with Crippen molar-refractivity contribution in [3.63, 3.8) is 0 Å². The molecule has 0 spiro atoms. The van der Waals surface area contributed by atoms with Crippen LogP contribution >= 0.6 is 0 Å². The Balaban J connectivity index is 1.54. The van der Waals surface area contributed by atoms with Crippen molar-refractivity contribution >= 4 is 0 Å². The Morgan fingerprint density at radius 3 is 2.42 bits per heavy atom. The molecule has 3 rings (SSSR count). The van der Waals surface area contributed by atoms with Crippen LogP contribution in [0, 0.1) is 6.92 Å². The molecule has 2 aromatic carbocycles. The van der Waals surface area contributed by atoms with Crippen LogP contribution in [-0.4, -0.2) is 21.8 Å². The monoisotopic (exact) mass is 321 g/mol. The van der Waals surface area contributed by atoms with Crippen molar-refractivity contribution in [3.8, 4) is 11.3 Å². The first-order valence-electron chi connectivity index (χ1n) is 8.25. The summed E-state index contributed by atoms with van der Waals surface area (Å²) in [5.41, 5.74) is 6.89. The second-order valence-electron chi connectivity index (χ2n) is 6.04. The van der Waals surface area contributed by atoms with Crippen LogP contribution < -0.4 is 5.32 Å². The fourth-order valence-corrected chi connectivity index (χ4v) is 2.68. The summed E-state index contributed by atoms with van der Waals surface area (Å²) in [5.74, 6) is 0. The molecular formula is C20H23N3O. The zero-order valence-electron chi connectivity index (χ0n) is 13.9. The molecule has 3 N–H and O–H groups in total. The topological polar surface area (TPSA) is 60.9 Å². The van der Waals surface area contributed by atoms with Crippen LogP contribution in [0.25, 0.3) is 11.3 Å². The molecule has 0 bridgehead atoms. The van der Waals surface area contributed by atoms with E-state index in [4.69, 9.17) is 5.11 Å². The second-order valence-corrected chi connectivity index (χ2v) is 6.04. The molecule has 4 heteroatoms. The molecule has 0 aliphatic carbocycles. The van der Waals surface area contributed by atoms with E-state index < -0.39 is 0 Å². The number of H-pyrrole nitrogens is 1. The molecule has 1 heterocycles. The van der Waals surface area contributed by atoms with E-state index in [9.17, 15) is 0 Å². The maximum atomic E-state index is 9.06. The first-order valence-corrected chi connectivity index (χ1v) is 8.25. The van der Waals surface area contributed by atoms with Crippen molar-refractivity contribution in [2.24, 2.45) is 0 Å². The van der Waals surface area contributed by atoms with Gasteiger partial charge in [-0.1, -0.05) is 54.1 Å². The SMILES string of the molecule is Cc1ccc(-c2[nH]ncc2CNCCc2ccc(CO)cc2)cc1. The van der Waals surface area contributed by atoms with E-state index in [0.717, 1.165) is 36.3 Å². The third-order valence-electron chi connectivity index (χ3n) is 4.17. The van der Waals surface area contributed by atoms with Crippen LogP contribution in [0.3, 0.4) is 0 Å². The standard InChI is InChI=1S/C20H23N3O/c1-15-2-8-18(9-3-15)20-19(13-22-23-20)12-21-11-10-16-4-6-17(14-24)7-5-16/h2-9,13,21,24H,10-12,14H2,1H3,(H,22,23). The van der Waals surface area contributed by atoms with E-state index in [0.29, 0.717) is 0 Å². The summed E-state index contributed by atoms with van der Waals surface area (Å²) in [6.07, 6.45) is 2.85. The number of nitrogens with one attached hydrogen (secondary N) is 2. The molecule has 0 aliphatic heterocycles. The van der Waals surface area contributed by atoms with Crippen molar-refractivity contribution in [1.82, 2.24) is 15.5 Å². The Labute approximate surface area is 142 Å². The van der Waals surface area contributed by atoms with E-state index in [2.05, 4.69) is 58.8 Å². The Morgan fingerprint density at radius 2 is 1.71 bits per heavy atom. The van der Waals surface area contributed by atoms with Gasteiger partial charge in [-0.05, 0) is 36.6 Å². The lowest BCUT2D eigenvalue weighted by atomic mass is 10.1. The third kappa shape index (κ3) is 4.10. The maximum Gasteiger partial charge on any atom is 0.0695 e. The van der Waals surface area contributed by atoms with Crippen molar-refractivity contribution < 1.29 is 5.11 Å². The summed E-state index contributed by atoms with van der Waals surface area (Å²) in [4.78, 5) is 0. The summed E-state index contributed by atoms with van der Waals surface area (Å²) < 4.78 is 0. The summed E-state index contributed by atoms with van der Waals surface area (Å²) in [6, 6.07) is 16.6. The molecule has 24 heavy (non-hydrogen) atoms. The van der Waals surface area contributed by atoms with Gasteiger partial charge in [0.25, 0.3) is 0 Å². The first kappa shape index (κ1) is 16.4. The summed E-state index contributed by atoms with van der Waals surface area (Å²) in [5, 5.41) is 19.8. The average Bonchev–Trinajstić information content (AvgIpc) is 3.08. The van der Waals surface area contributed by atoms with Gasteiger partial charge < -0.3 is 10.4 Å². The molecular weight excluding hydrogens is 298 g/mol. The van der Waals surface area contributed by atoms with Gasteiger partial charge in [-0.2, -0.15) is 5.10 Å². The first-order chi connectivity index (χ1) is 11.8. The van der Waals surface area contributed by atoms with Gasteiger partial charge in [0, 0.05) is 12.1 Å². The second kappa shape index (κ2) is 7.90. The average molecular weight is 321 g/mol. The highest BCUT2D eigenvalue weighted by Crippen LogP contribution is 2.21. The lowest BCUT2D eigenvalue weighted by Gasteiger charge is -2.07. The van der Waals surface area contributed by atoms with E-state index in [1.165, 1.54) is 16.7 Å². The molecule has 0 amide bonds. The number of aryl methyl sites for hydroxylation is 1. The number of benzene rings is 2. The van der Waals surface area contributed by atoms with Gasteiger partial charge >= 0.3 is 0 Å². The third-order valence-corrected chi connectivity index (χ3v) is 4.17. The Morgan fingerprint density at radius 1 is 1.00 bits per heavy atom. The fraction of sp³-hybridized carbons (Fsp3) is 0.250. The molecule has 124 valence electrons. The summed E-state index contributed by atoms with van der Waals surface area (Å²) in [6.45, 7) is 3.87. The highest BCUT2D eigenvalue weighted by Gasteiger charge is 2.07. The van der Waals surface area contributed by atoms with Crippen molar-refractivity contribution in [3.05, 3.63) is 77.0 Å². The number of aromatic nitrogens is 2. The number of aliphatic hydroxyl groups is 1. The quantitative estimate of drug-likeness (QED) is 0.586. The van der Waals surface area contributed by atoms with Crippen LogP contribution in [0.4, 0.5) is 0 Å². The summed E-state index contributed by atoms with van der Waals surface area (Å²) >= 11 is 0. The van der Waals surface area contributed by atoms with E-state index >= 15 is 0 Å². The molecule has 0 saturated carbocycles. The minimum atomic E-state index is 0.0980. The number of hydrogen-bond donors (Lipinski definition) is 3. The number of aromatic amines is 1. The molecule has 0 radical (unpaired) electrons. The van der Waals surface area contributed by atoms with Crippen LogP contribution in [0.5, 0.6) is 0 Å². The number of nitrogens with zero attached hydrogens (tertiary/aromatic N) is 1. The lowest BCUT2D eigenvalue weighted by molar-refractivity contribution is 0.282. The normalized spacial score (nSPS) is 10.9. The highest BCUT2D eigenvalue weighted by atomic mass is 16.3. The molecule has 1 aromatic heterocycles. The Kier molecular flexibility index (Phi) is 5.41. The lowest BCUT2D eigenvalue weighted by Crippen LogP contribution is -2.16. The van der Waals surface area contributed by atoms with Gasteiger partial charge in [0.2, 0.25) is 0 Å². The summed E-state index contributed by atoms with van der Waals surface area (Å²) in [7, 11) is 0. The number of rotatable bonds is 7. The van der Waals surface area contributed by atoms with Crippen LogP contribution in [-0.2, 0) is 19.6 Å². The van der Waals surface area contributed by atoms with Crippen LogP contribution in [0.15, 0.2) is 54.7 Å². The fourth-order valence-electron chi connectivity index (χ4n) is 2.68. The van der Waals surface area contributed by atoms with E-state index in [1.54, 1.807) is 0 Å². The molecule has 0 atom stereocenters.